The van der Waals surface area contributed by atoms with Crippen LogP contribution in [0.5, 0.6) is 5.88 Å². The first kappa shape index (κ1) is 20.3. The highest BCUT2D eigenvalue weighted by Gasteiger charge is 2.22. The Balaban J connectivity index is 1.63. The van der Waals surface area contributed by atoms with Crippen molar-refractivity contribution in [3.8, 4) is 5.88 Å². The molecule has 0 amide bonds. The van der Waals surface area contributed by atoms with Crippen molar-refractivity contribution in [3.63, 3.8) is 0 Å². The van der Waals surface area contributed by atoms with Crippen LogP contribution in [0, 0.1) is 6.92 Å². The molecule has 3 heterocycles. The third kappa shape index (κ3) is 3.34. The van der Waals surface area contributed by atoms with Gasteiger partial charge in [-0.2, -0.15) is 0 Å². The summed E-state index contributed by atoms with van der Waals surface area (Å²) in [5, 5.41) is 18.3. The van der Waals surface area contributed by atoms with E-state index < -0.39 is 0 Å². The fourth-order valence-electron chi connectivity index (χ4n) is 4.32. The number of anilines is 2. The van der Waals surface area contributed by atoms with E-state index in [-0.39, 0.29) is 17.5 Å². The van der Waals surface area contributed by atoms with Gasteiger partial charge in [0.05, 0.1) is 35.8 Å². The van der Waals surface area contributed by atoms with E-state index in [0.717, 1.165) is 11.1 Å². The first-order valence-corrected chi connectivity index (χ1v) is 10.6. The number of aryl methyl sites for hydroxylation is 1. The van der Waals surface area contributed by atoms with Crippen LogP contribution in [0.25, 0.3) is 21.9 Å². The minimum atomic E-state index is -0.200. The first-order chi connectivity index (χ1) is 15.4. The Morgan fingerprint density at radius 3 is 2.78 bits per heavy atom. The quantitative estimate of drug-likeness (QED) is 0.504. The second kappa shape index (κ2) is 7.83. The molecule has 9 nitrogen and oxygen atoms in total. The summed E-state index contributed by atoms with van der Waals surface area (Å²) in [6, 6.07) is 9.18. The van der Waals surface area contributed by atoms with Crippen molar-refractivity contribution < 1.29 is 14.4 Å². The molecule has 1 fully saturated rings. The van der Waals surface area contributed by atoms with Crippen LogP contribution in [0.2, 0.25) is 0 Å². The van der Waals surface area contributed by atoms with Crippen LogP contribution in [0.4, 0.5) is 11.6 Å². The van der Waals surface area contributed by atoms with Gasteiger partial charge >= 0.3 is 0 Å². The van der Waals surface area contributed by atoms with E-state index in [1.54, 1.807) is 17.7 Å². The molecule has 32 heavy (non-hydrogen) atoms. The summed E-state index contributed by atoms with van der Waals surface area (Å²) in [6.45, 7) is 6.57. The molecule has 4 aromatic rings. The van der Waals surface area contributed by atoms with Crippen molar-refractivity contribution in [2.75, 3.05) is 36.5 Å². The van der Waals surface area contributed by atoms with E-state index in [4.69, 9.17) is 14.2 Å². The van der Waals surface area contributed by atoms with E-state index in [9.17, 15) is 9.90 Å². The van der Waals surface area contributed by atoms with E-state index in [1.165, 1.54) is 0 Å². The number of hydrogen-bond donors (Lipinski definition) is 2. The number of rotatable bonds is 4. The van der Waals surface area contributed by atoms with Crippen LogP contribution in [0.1, 0.15) is 24.1 Å². The van der Waals surface area contributed by atoms with Gasteiger partial charge in [0.1, 0.15) is 5.39 Å². The minimum absolute atomic E-state index is 0.0765. The number of ether oxygens (including phenoxy) is 1. The molecule has 0 bridgehead atoms. The van der Waals surface area contributed by atoms with Crippen LogP contribution in [-0.4, -0.2) is 46.1 Å². The second-order valence-corrected chi connectivity index (χ2v) is 8.18. The fourth-order valence-corrected chi connectivity index (χ4v) is 4.32. The summed E-state index contributed by atoms with van der Waals surface area (Å²) in [4.78, 5) is 20.3. The molecule has 1 aliphatic rings. The lowest BCUT2D eigenvalue weighted by Gasteiger charge is -2.29. The average molecular weight is 435 g/mol. The number of fused-ring (bicyclic) bond motifs is 2. The number of aromatic hydroxyl groups is 1. The maximum absolute atomic E-state index is 13.3. The third-order valence-corrected chi connectivity index (χ3v) is 5.94. The zero-order valence-corrected chi connectivity index (χ0v) is 18.3. The number of nitrogens with zero attached hydrogens (tertiary/aromatic N) is 4. The Kier molecular flexibility index (Phi) is 4.97. The van der Waals surface area contributed by atoms with Crippen LogP contribution in [0.3, 0.4) is 0 Å². The molecule has 1 saturated heterocycles. The van der Waals surface area contributed by atoms with Crippen molar-refractivity contribution >= 4 is 33.5 Å². The summed E-state index contributed by atoms with van der Waals surface area (Å²) in [5.74, 6) is 0.480. The Hall–Kier alpha value is -3.59. The van der Waals surface area contributed by atoms with Gasteiger partial charge in [-0.05, 0) is 42.8 Å². The van der Waals surface area contributed by atoms with Gasteiger partial charge in [-0.25, -0.2) is 4.98 Å². The number of hydrogen-bond acceptors (Lipinski definition) is 8. The van der Waals surface area contributed by atoms with Gasteiger partial charge in [-0.1, -0.05) is 12.1 Å². The van der Waals surface area contributed by atoms with E-state index in [2.05, 4.69) is 15.4 Å². The van der Waals surface area contributed by atoms with Gasteiger partial charge in [-0.3, -0.25) is 9.36 Å². The predicted molar refractivity (Wildman–Crippen MR) is 122 cm³/mol. The predicted octanol–water partition coefficient (Wildman–Crippen LogP) is 3.10. The van der Waals surface area contributed by atoms with Gasteiger partial charge in [0.25, 0.3) is 11.4 Å². The lowest BCUT2D eigenvalue weighted by Crippen LogP contribution is -2.40. The highest BCUT2D eigenvalue weighted by atomic mass is 16.5. The van der Waals surface area contributed by atoms with Crippen molar-refractivity contribution in [2.45, 2.75) is 19.9 Å². The highest BCUT2D eigenvalue weighted by molar-refractivity contribution is 5.94. The highest BCUT2D eigenvalue weighted by Crippen LogP contribution is 2.34. The zero-order chi connectivity index (χ0) is 22.4. The summed E-state index contributed by atoms with van der Waals surface area (Å²) >= 11 is 0. The molecule has 0 aliphatic carbocycles. The topological polar surface area (TPSA) is 106 Å². The summed E-state index contributed by atoms with van der Waals surface area (Å²) in [6.07, 6.45) is 0. The molecule has 0 radical (unpaired) electrons. The Morgan fingerprint density at radius 1 is 1.22 bits per heavy atom. The van der Waals surface area contributed by atoms with Crippen LogP contribution >= 0.6 is 0 Å². The van der Waals surface area contributed by atoms with E-state index in [0.29, 0.717) is 59.8 Å². The molecule has 2 aromatic carbocycles. The standard InChI is InChI=1S/C23H25N5O4/c1-13-11-15(14(2)24-17-5-4-6-18-19(17)21(29)26-32-18)20-16(12-13)22(30)27(3)23(25-20)28-7-9-31-10-8-28/h4-6,11-12,14,24H,7-10H2,1-3H3,(H,26,29)/t14-/m1/s1. The summed E-state index contributed by atoms with van der Waals surface area (Å²) in [5.41, 5.74) is 3.66. The molecule has 1 atom stereocenters. The van der Waals surface area contributed by atoms with Crippen LogP contribution in [-0.2, 0) is 11.8 Å². The molecule has 0 unspecified atom stereocenters. The zero-order valence-electron chi connectivity index (χ0n) is 18.3. The van der Waals surface area contributed by atoms with Crippen molar-refractivity contribution in [3.05, 3.63) is 51.8 Å². The van der Waals surface area contributed by atoms with Gasteiger partial charge in [0.15, 0.2) is 5.58 Å². The van der Waals surface area contributed by atoms with Crippen molar-refractivity contribution in [1.82, 2.24) is 14.7 Å². The molecular weight excluding hydrogens is 410 g/mol. The molecule has 166 valence electrons. The Morgan fingerprint density at radius 2 is 2.00 bits per heavy atom. The largest absolute Gasteiger partial charge is 0.491 e. The molecule has 9 heteroatoms. The molecule has 0 spiro atoms. The van der Waals surface area contributed by atoms with E-state index in [1.807, 2.05) is 38.1 Å². The summed E-state index contributed by atoms with van der Waals surface area (Å²) in [7, 11) is 1.76. The maximum Gasteiger partial charge on any atom is 0.262 e. The van der Waals surface area contributed by atoms with Gasteiger partial charge in [0, 0.05) is 25.7 Å². The lowest BCUT2D eigenvalue weighted by molar-refractivity contribution is 0.121. The second-order valence-electron chi connectivity index (χ2n) is 8.18. The SMILES string of the molecule is Cc1cc([C@@H](C)Nc2cccc3onc(O)c23)c2nc(N3CCOCC3)n(C)c(=O)c2c1. The Labute approximate surface area is 184 Å². The number of benzene rings is 2. The molecule has 2 N–H and O–H groups in total. The van der Waals surface area contributed by atoms with Gasteiger partial charge in [0.2, 0.25) is 5.95 Å². The number of nitrogens with one attached hydrogen (secondary N) is 1. The fraction of sp³-hybridized carbons (Fsp3) is 0.348. The molecule has 5 rings (SSSR count). The number of morpholine rings is 1. The smallest absolute Gasteiger partial charge is 0.262 e. The monoisotopic (exact) mass is 435 g/mol. The first-order valence-electron chi connectivity index (χ1n) is 10.6. The van der Waals surface area contributed by atoms with Crippen molar-refractivity contribution in [1.29, 1.82) is 0 Å². The molecular formula is C23H25N5O4. The molecule has 0 saturated carbocycles. The molecule has 2 aromatic heterocycles. The van der Waals surface area contributed by atoms with Gasteiger partial charge in [-0.15, -0.1) is 0 Å². The normalized spacial score (nSPS) is 15.4. The van der Waals surface area contributed by atoms with Crippen molar-refractivity contribution in [2.24, 2.45) is 7.05 Å². The van der Waals surface area contributed by atoms with Crippen LogP contribution in [0.15, 0.2) is 39.6 Å². The van der Waals surface area contributed by atoms with Gasteiger partial charge < -0.3 is 24.6 Å². The summed E-state index contributed by atoms with van der Waals surface area (Å²) < 4.78 is 12.2. The minimum Gasteiger partial charge on any atom is -0.491 e. The number of aromatic nitrogens is 3. The van der Waals surface area contributed by atoms with E-state index >= 15 is 0 Å². The third-order valence-electron chi connectivity index (χ3n) is 5.94. The van der Waals surface area contributed by atoms with Crippen LogP contribution < -0.4 is 15.8 Å². The Bertz CT molecular complexity index is 1370. The lowest BCUT2D eigenvalue weighted by atomic mass is 10.0. The average Bonchev–Trinajstić information content (AvgIpc) is 3.18. The maximum atomic E-state index is 13.3. The molecule has 1 aliphatic heterocycles.